The molecule has 0 aromatic carbocycles. The molecule has 0 unspecified atom stereocenters. The van der Waals surface area contributed by atoms with Crippen molar-refractivity contribution in [2.24, 2.45) is 0 Å². The van der Waals surface area contributed by atoms with Gasteiger partial charge < -0.3 is 4.90 Å². The van der Waals surface area contributed by atoms with Crippen LogP contribution >= 0.6 is 0 Å². The Bertz CT molecular complexity index is 1170. The third-order valence-corrected chi connectivity index (χ3v) is 5.75. The maximum atomic E-state index is 13.0. The molecule has 0 aliphatic carbocycles. The van der Waals surface area contributed by atoms with E-state index in [-0.39, 0.29) is 5.43 Å². The zero-order valence-corrected chi connectivity index (χ0v) is 19.8. The number of piperazine rings is 1. The molecule has 1 aliphatic heterocycles. The number of fused-ring (bicyclic) bond motifs is 1. The first-order valence-electron chi connectivity index (χ1n) is 11.5. The lowest BCUT2D eigenvalue weighted by atomic mass is 10.2. The summed E-state index contributed by atoms with van der Waals surface area (Å²) in [6.45, 7) is 19.9. The Hall–Kier alpha value is -3.44. The normalized spacial score (nSPS) is 15.9. The van der Waals surface area contributed by atoms with Gasteiger partial charge in [0.15, 0.2) is 5.43 Å². The summed E-state index contributed by atoms with van der Waals surface area (Å²) in [5, 5.41) is 0.619. The summed E-state index contributed by atoms with van der Waals surface area (Å²) in [5.41, 5.74) is 3.64. The van der Waals surface area contributed by atoms with E-state index in [0.29, 0.717) is 11.0 Å². The second kappa shape index (κ2) is 11.4. The van der Waals surface area contributed by atoms with Crippen LogP contribution in [0.15, 0.2) is 90.8 Å². The van der Waals surface area contributed by atoms with Crippen molar-refractivity contribution in [1.29, 1.82) is 0 Å². The van der Waals surface area contributed by atoms with Crippen LogP contribution in [-0.2, 0) is 0 Å². The molecule has 1 aliphatic rings. The fourth-order valence-electron chi connectivity index (χ4n) is 4.06. The number of anilines is 1. The van der Waals surface area contributed by atoms with Crippen molar-refractivity contribution in [3.8, 4) is 0 Å². The number of hydrogen-bond acceptors (Lipinski definition) is 4. The van der Waals surface area contributed by atoms with E-state index in [0.717, 1.165) is 61.9 Å². The summed E-state index contributed by atoms with van der Waals surface area (Å²) in [6, 6.07) is 5.51. The molecule has 3 heterocycles. The van der Waals surface area contributed by atoms with E-state index in [9.17, 15) is 4.79 Å². The van der Waals surface area contributed by atoms with Gasteiger partial charge in [0.05, 0.1) is 5.39 Å². The molecule has 2 aromatic heterocycles. The fraction of sp³-hybridized carbons (Fsp3) is 0.286. The van der Waals surface area contributed by atoms with Crippen LogP contribution in [0.5, 0.6) is 0 Å². The van der Waals surface area contributed by atoms with Gasteiger partial charge in [-0.1, -0.05) is 57.0 Å². The predicted octanol–water partition coefficient (Wildman–Crippen LogP) is 5.12. The van der Waals surface area contributed by atoms with E-state index in [1.54, 1.807) is 18.2 Å². The van der Waals surface area contributed by atoms with Gasteiger partial charge in [0.25, 0.3) is 0 Å². The summed E-state index contributed by atoms with van der Waals surface area (Å²) in [5.74, 6) is 0.865. The highest BCUT2D eigenvalue weighted by Crippen LogP contribution is 2.26. The molecule has 1 saturated heterocycles. The van der Waals surface area contributed by atoms with Crippen molar-refractivity contribution < 1.29 is 0 Å². The van der Waals surface area contributed by atoms with Crippen LogP contribution in [-0.4, -0.2) is 47.2 Å². The molecule has 0 amide bonds. The molecule has 5 heteroatoms. The average Bonchev–Trinajstić information content (AvgIpc) is 2.82. The van der Waals surface area contributed by atoms with Crippen molar-refractivity contribution in [2.45, 2.75) is 20.3 Å². The maximum Gasteiger partial charge on any atom is 0.193 e. The molecular formula is C28H34N4O. The van der Waals surface area contributed by atoms with Crippen LogP contribution < -0.4 is 10.3 Å². The van der Waals surface area contributed by atoms with E-state index >= 15 is 0 Å². The quantitative estimate of drug-likeness (QED) is 0.506. The first-order chi connectivity index (χ1) is 16.0. The topological polar surface area (TPSA) is 41.4 Å². The van der Waals surface area contributed by atoms with E-state index < -0.39 is 0 Å². The summed E-state index contributed by atoms with van der Waals surface area (Å²) in [4.78, 5) is 22.5. The van der Waals surface area contributed by atoms with Crippen LogP contribution in [0.25, 0.3) is 16.7 Å². The third kappa shape index (κ3) is 5.68. The lowest BCUT2D eigenvalue weighted by molar-refractivity contribution is 0.279. The molecule has 0 N–H and O–H groups in total. The Morgan fingerprint density at radius 1 is 1.09 bits per heavy atom. The minimum absolute atomic E-state index is 0.00790. The highest BCUT2D eigenvalue weighted by Gasteiger charge is 2.22. The van der Waals surface area contributed by atoms with Crippen LogP contribution in [0.4, 0.5) is 5.82 Å². The number of nitrogens with zero attached hydrogens (tertiary/aromatic N) is 4. The third-order valence-electron chi connectivity index (χ3n) is 5.75. The van der Waals surface area contributed by atoms with Gasteiger partial charge in [-0.2, -0.15) is 0 Å². The van der Waals surface area contributed by atoms with E-state index in [1.165, 1.54) is 0 Å². The van der Waals surface area contributed by atoms with Gasteiger partial charge in [0.1, 0.15) is 11.5 Å². The van der Waals surface area contributed by atoms with E-state index in [2.05, 4.69) is 53.2 Å². The average molecular weight is 443 g/mol. The minimum Gasteiger partial charge on any atom is -0.355 e. The molecule has 0 atom stereocenters. The molecule has 0 bridgehead atoms. The van der Waals surface area contributed by atoms with E-state index in [4.69, 9.17) is 4.98 Å². The van der Waals surface area contributed by atoms with Crippen molar-refractivity contribution >= 4 is 22.5 Å². The zero-order valence-electron chi connectivity index (χ0n) is 19.8. The fourth-order valence-corrected chi connectivity index (χ4v) is 4.06. The number of allylic oxidation sites excluding steroid dienone is 7. The highest BCUT2D eigenvalue weighted by molar-refractivity contribution is 5.84. The molecule has 0 saturated carbocycles. The van der Waals surface area contributed by atoms with Gasteiger partial charge in [-0.15, -0.1) is 0 Å². The number of hydrogen-bond donors (Lipinski definition) is 0. The van der Waals surface area contributed by atoms with Gasteiger partial charge >= 0.3 is 0 Å². The molecule has 5 nitrogen and oxygen atoms in total. The summed E-state index contributed by atoms with van der Waals surface area (Å²) in [7, 11) is 0. The Morgan fingerprint density at radius 3 is 2.45 bits per heavy atom. The molecule has 1 fully saturated rings. The van der Waals surface area contributed by atoms with Crippen LogP contribution in [0.3, 0.4) is 0 Å². The minimum atomic E-state index is -0.00790. The van der Waals surface area contributed by atoms with Gasteiger partial charge in [-0.3, -0.25) is 14.3 Å². The largest absolute Gasteiger partial charge is 0.355 e. The molecule has 2 aromatic rings. The second-order valence-corrected chi connectivity index (χ2v) is 8.11. The Morgan fingerprint density at radius 2 is 1.82 bits per heavy atom. The maximum absolute atomic E-state index is 13.0. The molecular weight excluding hydrogens is 408 g/mol. The molecule has 0 radical (unpaired) electrons. The van der Waals surface area contributed by atoms with Crippen LogP contribution in [0.1, 0.15) is 19.0 Å². The van der Waals surface area contributed by atoms with Crippen molar-refractivity contribution in [2.75, 3.05) is 37.6 Å². The predicted molar refractivity (Wildman–Crippen MR) is 142 cm³/mol. The van der Waals surface area contributed by atoms with Crippen LogP contribution in [0, 0.1) is 6.92 Å². The lowest BCUT2D eigenvalue weighted by Gasteiger charge is -2.37. The van der Waals surface area contributed by atoms with Gasteiger partial charge in [0, 0.05) is 50.2 Å². The summed E-state index contributed by atoms with van der Waals surface area (Å²) < 4.78 is 2.10. The van der Waals surface area contributed by atoms with Crippen molar-refractivity contribution in [3.05, 3.63) is 102 Å². The first kappa shape index (κ1) is 24.2. The smallest absolute Gasteiger partial charge is 0.193 e. The number of aryl methyl sites for hydroxylation is 1. The highest BCUT2D eigenvalue weighted by atomic mass is 16.1. The Labute approximate surface area is 197 Å². The second-order valence-electron chi connectivity index (χ2n) is 8.11. The first-order valence-corrected chi connectivity index (χ1v) is 11.5. The van der Waals surface area contributed by atoms with Gasteiger partial charge in [-0.25, -0.2) is 4.98 Å². The standard InChI is InChI=1S/C28H34N4O/c1-6-10-13-24(12-8-3)32-27(20-26(33)25-15-14-22(5)29-28(25)32)31-18-16-30(17-19-31)21-23(9-4)11-7-2/h7-15,20H,2-4,6,16-19,21H2,1,5H3/b13-10-,23-11+,24-12+. The lowest BCUT2D eigenvalue weighted by Crippen LogP contribution is -2.47. The van der Waals surface area contributed by atoms with E-state index in [1.807, 2.05) is 37.3 Å². The SMILES string of the molecule is C=C/C=C(\C=C)CN1CCN(c2cc(=O)c3ccc(C)nc3n2C(/C=C\CC)=C/C=C)CC1. The Balaban J connectivity index is 2.05. The van der Waals surface area contributed by atoms with Crippen molar-refractivity contribution in [3.63, 3.8) is 0 Å². The molecule has 3 rings (SSSR count). The van der Waals surface area contributed by atoms with Crippen molar-refractivity contribution in [1.82, 2.24) is 14.5 Å². The summed E-state index contributed by atoms with van der Waals surface area (Å²) >= 11 is 0. The number of pyridine rings is 2. The number of rotatable bonds is 9. The van der Waals surface area contributed by atoms with Crippen LogP contribution in [0.2, 0.25) is 0 Å². The molecule has 33 heavy (non-hydrogen) atoms. The van der Waals surface area contributed by atoms with Gasteiger partial charge in [0.2, 0.25) is 0 Å². The molecule has 0 spiro atoms. The monoisotopic (exact) mass is 442 g/mol. The van der Waals surface area contributed by atoms with Gasteiger partial charge in [-0.05, 0) is 43.2 Å². The summed E-state index contributed by atoms with van der Waals surface area (Å²) in [6.07, 6.45) is 14.5. The zero-order chi connectivity index (χ0) is 23.8. The Kier molecular flexibility index (Phi) is 8.39. The molecule has 172 valence electrons. The number of aromatic nitrogens is 2.